The molecule has 0 amide bonds. The van der Waals surface area contributed by atoms with E-state index in [2.05, 4.69) is 43.3 Å². The highest BCUT2D eigenvalue weighted by Crippen LogP contribution is 2.29. The quantitative estimate of drug-likeness (QED) is 0.645. The van der Waals surface area contributed by atoms with E-state index in [1.165, 1.54) is 6.20 Å². The number of hydrogen-bond donors (Lipinski definition) is 4. The van der Waals surface area contributed by atoms with Crippen LogP contribution in [0.15, 0.2) is 6.20 Å². The Morgan fingerprint density at radius 2 is 2.28 bits per heavy atom. The van der Waals surface area contributed by atoms with Gasteiger partial charge in [-0.05, 0) is 45.1 Å². The molecule has 0 radical (unpaired) electrons. The number of fused-ring (bicyclic) bond motifs is 1. The minimum atomic E-state index is -0.366. The van der Waals surface area contributed by atoms with Crippen LogP contribution in [0, 0.1) is 11.7 Å². The summed E-state index contributed by atoms with van der Waals surface area (Å²) in [5.74, 6) is 1.21. The van der Waals surface area contributed by atoms with Gasteiger partial charge in [0.05, 0.1) is 6.20 Å². The molecule has 0 bridgehead atoms. The lowest BCUT2D eigenvalue weighted by Crippen LogP contribution is -2.39. The summed E-state index contributed by atoms with van der Waals surface area (Å²) in [4.78, 5) is 10.9. The number of nitrogens with zero attached hydrogens (tertiary/aromatic N) is 3. The van der Waals surface area contributed by atoms with Crippen molar-refractivity contribution < 1.29 is 4.39 Å². The molecule has 4 rings (SSSR count). The van der Waals surface area contributed by atoms with Gasteiger partial charge in [-0.2, -0.15) is 4.98 Å². The van der Waals surface area contributed by atoms with E-state index in [4.69, 9.17) is 0 Å². The van der Waals surface area contributed by atoms with Crippen molar-refractivity contribution >= 4 is 11.8 Å². The predicted octanol–water partition coefficient (Wildman–Crippen LogP) is 0.861. The second kappa shape index (κ2) is 7.39. The number of halogens is 1. The fourth-order valence-electron chi connectivity index (χ4n) is 4.22. The number of hydrogen-bond acceptors (Lipinski definition) is 7. The number of nitrogens with one attached hydrogen (secondary N) is 4. The van der Waals surface area contributed by atoms with E-state index in [0.29, 0.717) is 29.8 Å². The van der Waals surface area contributed by atoms with E-state index < -0.39 is 0 Å². The minimum Gasteiger partial charge on any atom is -0.365 e. The van der Waals surface area contributed by atoms with Crippen LogP contribution in [-0.4, -0.2) is 54.3 Å². The Kier molecular flexibility index (Phi) is 5.00. The third-order valence-electron chi connectivity index (χ3n) is 5.58. The first-order chi connectivity index (χ1) is 12.2. The zero-order chi connectivity index (χ0) is 17.2. The van der Waals surface area contributed by atoms with Crippen LogP contribution in [0.4, 0.5) is 16.2 Å². The molecular weight excluding hydrogens is 321 g/mol. The van der Waals surface area contributed by atoms with Crippen molar-refractivity contribution in [3.63, 3.8) is 0 Å². The molecule has 4 N–H and O–H groups in total. The highest BCUT2D eigenvalue weighted by molar-refractivity contribution is 5.43. The molecule has 2 saturated heterocycles. The number of anilines is 2. The van der Waals surface area contributed by atoms with Gasteiger partial charge in [0.15, 0.2) is 11.6 Å². The molecular formula is C17H28FN7. The molecule has 1 aromatic rings. The van der Waals surface area contributed by atoms with E-state index in [9.17, 15) is 4.39 Å². The SMILES string of the molecule is CC1CN(c2ncc(F)c(NC3CCC4NNCC4C3)n2)CCCN1. The average Bonchev–Trinajstić information content (AvgIpc) is 2.96. The first kappa shape index (κ1) is 16.9. The van der Waals surface area contributed by atoms with Crippen molar-refractivity contribution in [2.24, 2.45) is 5.92 Å². The van der Waals surface area contributed by atoms with Gasteiger partial charge in [-0.3, -0.25) is 10.9 Å². The van der Waals surface area contributed by atoms with Crippen LogP contribution in [0.2, 0.25) is 0 Å². The fraction of sp³-hybridized carbons (Fsp3) is 0.765. The largest absolute Gasteiger partial charge is 0.365 e. The Hall–Kier alpha value is -1.51. The average molecular weight is 349 g/mol. The second-order valence-electron chi connectivity index (χ2n) is 7.57. The van der Waals surface area contributed by atoms with Crippen molar-refractivity contribution in [2.75, 3.05) is 36.4 Å². The second-order valence-corrected chi connectivity index (χ2v) is 7.57. The summed E-state index contributed by atoms with van der Waals surface area (Å²) in [5, 5.41) is 6.80. The molecule has 25 heavy (non-hydrogen) atoms. The molecule has 0 spiro atoms. The summed E-state index contributed by atoms with van der Waals surface area (Å²) in [5.41, 5.74) is 6.56. The first-order valence-corrected chi connectivity index (χ1v) is 9.45. The molecule has 8 heteroatoms. The summed E-state index contributed by atoms with van der Waals surface area (Å²) in [6.07, 6.45) is 5.51. The topological polar surface area (TPSA) is 77.1 Å². The monoisotopic (exact) mass is 349 g/mol. The van der Waals surface area contributed by atoms with Crippen LogP contribution >= 0.6 is 0 Å². The predicted molar refractivity (Wildman–Crippen MR) is 96.0 cm³/mol. The van der Waals surface area contributed by atoms with Gasteiger partial charge in [-0.1, -0.05) is 0 Å². The number of aromatic nitrogens is 2. The molecule has 1 aliphatic carbocycles. The number of rotatable bonds is 3. The highest BCUT2D eigenvalue weighted by atomic mass is 19.1. The van der Waals surface area contributed by atoms with Crippen molar-refractivity contribution in [1.82, 2.24) is 26.1 Å². The van der Waals surface area contributed by atoms with Crippen molar-refractivity contribution in [1.29, 1.82) is 0 Å². The molecule has 3 heterocycles. The number of hydrazine groups is 1. The lowest BCUT2D eigenvalue weighted by Gasteiger charge is -2.31. The smallest absolute Gasteiger partial charge is 0.227 e. The third kappa shape index (κ3) is 3.86. The summed E-state index contributed by atoms with van der Waals surface area (Å²) >= 11 is 0. The van der Waals surface area contributed by atoms with Gasteiger partial charge in [0.1, 0.15) is 0 Å². The van der Waals surface area contributed by atoms with Gasteiger partial charge in [0.2, 0.25) is 5.95 Å². The van der Waals surface area contributed by atoms with E-state index in [0.717, 1.165) is 51.9 Å². The zero-order valence-electron chi connectivity index (χ0n) is 14.8. The van der Waals surface area contributed by atoms with Gasteiger partial charge in [-0.15, -0.1) is 0 Å². The van der Waals surface area contributed by atoms with Crippen LogP contribution < -0.4 is 26.4 Å². The van der Waals surface area contributed by atoms with Crippen molar-refractivity contribution in [3.05, 3.63) is 12.0 Å². The van der Waals surface area contributed by atoms with Crippen molar-refractivity contribution in [2.45, 2.75) is 50.7 Å². The molecule has 1 saturated carbocycles. The highest BCUT2D eigenvalue weighted by Gasteiger charge is 2.34. The molecule has 0 aromatic carbocycles. The Morgan fingerprint density at radius 3 is 3.20 bits per heavy atom. The fourth-order valence-corrected chi connectivity index (χ4v) is 4.22. The molecule has 3 fully saturated rings. The van der Waals surface area contributed by atoms with Crippen LogP contribution in [0.5, 0.6) is 0 Å². The Bertz CT molecular complexity index is 598. The molecule has 7 nitrogen and oxygen atoms in total. The van der Waals surface area contributed by atoms with E-state index in [1.54, 1.807) is 0 Å². The van der Waals surface area contributed by atoms with Gasteiger partial charge < -0.3 is 15.5 Å². The zero-order valence-corrected chi connectivity index (χ0v) is 14.8. The van der Waals surface area contributed by atoms with Gasteiger partial charge >= 0.3 is 0 Å². The molecule has 4 atom stereocenters. The Labute approximate surface area is 148 Å². The molecule has 3 aliphatic rings. The van der Waals surface area contributed by atoms with Crippen LogP contribution in [0.1, 0.15) is 32.6 Å². The maximum absolute atomic E-state index is 14.3. The van der Waals surface area contributed by atoms with Gasteiger partial charge in [0.25, 0.3) is 0 Å². The summed E-state index contributed by atoms with van der Waals surface area (Å²) in [6.45, 7) is 5.88. The third-order valence-corrected chi connectivity index (χ3v) is 5.58. The Morgan fingerprint density at radius 1 is 1.36 bits per heavy atom. The molecule has 1 aromatic heterocycles. The lowest BCUT2D eigenvalue weighted by atomic mass is 9.83. The van der Waals surface area contributed by atoms with Crippen LogP contribution in [0.25, 0.3) is 0 Å². The van der Waals surface area contributed by atoms with Gasteiger partial charge in [-0.25, -0.2) is 9.37 Å². The van der Waals surface area contributed by atoms with Crippen LogP contribution in [0.3, 0.4) is 0 Å². The molecule has 2 aliphatic heterocycles. The first-order valence-electron chi connectivity index (χ1n) is 9.45. The Balaban J connectivity index is 1.46. The van der Waals surface area contributed by atoms with Crippen LogP contribution in [-0.2, 0) is 0 Å². The minimum absolute atomic E-state index is 0.268. The van der Waals surface area contributed by atoms with E-state index >= 15 is 0 Å². The summed E-state index contributed by atoms with van der Waals surface area (Å²) in [6, 6.07) is 1.20. The maximum atomic E-state index is 14.3. The summed E-state index contributed by atoms with van der Waals surface area (Å²) in [7, 11) is 0. The normalized spacial score (nSPS) is 33.0. The van der Waals surface area contributed by atoms with E-state index in [1.807, 2.05) is 0 Å². The summed E-state index contributed by atoms with van der Waals surface area (Å²) < 4.78 is 14.3. The molecule has 4 unspecified atom stereocenters. The van der Waals surface area contributed by atoms with Gasteiger partial charge in [0, 0.05) is 37.8 Å². The van der Waals surface area contributed by atoms with E-state index in [-0.39, 0.29) is 11.9 Å². The molecule has 138 valence electrons. The maximum Gasteiger partial charge on any atom is 0.227 e. The lowest BCUT2D eigenvalue weighted by molar-refractivity contribution is 0.313. The van der Waals surface area contributed by atoms with Crippen molar-refractivity contribution in [3.8, 4) is 0 Å². The standard InChI is InChI=1S/C17H28FN7/c1-11-10-25(6-2-5-19-11)17-20-9-14(18)16(23-17)22-13-3-4-15-12(7-13)8-21-24-15/h9,11-13,15,19,21,24H,2-8,10H2,1H3,(H,20,22,23).